The van der Waals surface area contributed by atoms with E-state index in [4.69, 9.17) is 9.47 Å². The highest BCUT2D eigenvalue weighted by molar-refractivity contribution is 5.48. The van der Waals surface area contributed by atoms with Gasteiger partial charge in [0.15, 0.2) is 11.5 Å². The Morgan fingerprint density at radius 1 is 1.25 bits per heavy atom. The lowest BCUT2D eigenvalue weighted by molar-refractivity contribution is 0.107. The second-order valence-corrected chi connectivity index (χ2v) is 4.12. The first-order valence-electron chi connectivity index (χ1n) is 5.27. The largest absolute Gasteiger partial charge is 0.493 e. The van der Waals surface area contributed by atoms with Crippen molar-refractivity contribution in [3.05, 3.63) is 23.3 Å². The van der Waals surface area contributed by atoms with E-state index in [-0.39, 0.29) is 0 Å². The van der Waals surface area contributed by atoms with Crippen LogP contribution in [0.15, 0.2) is 12.1 Å². The van der Waals surface area contributed by atoms with Crippen molar-refractivity contribution in [1.29, 1.82) is 0 Å². The molecule has 0 bridgehead atoms. The molecule has 0 radical (unpaired) electrons. The first-order chi connectivity index (χ1) is 7.65. The van der Waals surface area contributed by atoms with Crippen LogP contribution in [0, 0.1) is 0 Å². The van der Waals surface area contributed by atoms with Crippen LogP contribution in [0.5, 0.6) is 11.5 Å². The Hall–Kier alpha value is -1.26. The summed E-state index contributed by atoms with van der Waals surface area (Å²) in [6.45, 7) is 1.48. The number of aliphatic hydroxyl groups excluding tert-OH is 1. The van der Waals surface area contributed by atoms with Crippen LogP contribution in [0.3, 0.4) is 0 Å². The van der Waals surface area contributed by atoms with Crippen LogP contribution in [0.2, 0.25) is 0 Å². The van der Waals surface area contributed by atoms with Gasteiger partial charge in [0, 0.05) is 13.1 Å². The summed E-state index contributed by atoms with van der Waals surface area (Å²) in [5, 5.41) is 9.98. The van der Waals surface area contributed by atoms with Crippen LogP contribution in [-0.4, -0.2) is 37.8 Å². The fourth-order valence-corrected chi connectivity index (χ4v) is 2.13. The number of fused-ring (bicyclic) bond motifs is 1. The number of ether oxygens (including phenoxy) is 2. The van der Waals surface area contributed by atoms with E-state index in [1.807, 2.05) is 19.2 Å². The van der Waals surface area contributed by atoms with E-state index in [2.05, 4.69) is 4.90 Å². The van der Waals surface area contributed by atoms with Crippen molar-refractivity contribution < 1.29 is 14.6 Å². The minimum Gasteiger partial charge on any atom is -0.493 e. The van der Waals surface area contributed by atoms with E-state index in [9.17, 15) is 5.11 Å². The number of hydrogen-bond donors (Lipinski definition) is 1. The van der Waals surface area contributed by atoms with E-state index in [1.165, 1.54) is 0 Å². The molecule has 0 aromatic heterocycles. The summed E-state index contributed by atoms with van der Waals surface area (Å²) >= 11 is 0. The maximum atomic E-state index is 9.98. The van der Waals surface area contributed by atoms with Gasteiger partial charge in [-0.15, -0.1) is 0 Å². The van der Waals surface area contributed by atoms with Crippen LogP contribution in [0.4, 0.5) is 0 Å². The number of benzene rings is 1. The highest BCUT2D eigenvalue weighted by Gasteiger charge is 2.23. The van der Waals surface area contributed by atoms with E-state index < -0.39 is 6.10 Å². The SMILES string of the molecule is COc1cc2c(cc1OC)[C@@H](O)CN(C)C2. The molecule has 4 nitrogen and oxygen atoms in total. The minimum atomic E-state index is -0.450. The van der Waals surface area contributed by atoms with Gasteiger partial charge in [0.1, 0.15) is 0 Å². The van der Waals surface area contributed by atoms with Crippen LogP contribution in [0.25, 0.3) is 0 Å². The van der Waals surface area contributed by atoms with Crippen LogP contribution in [-0.2, 0) is 6.54 Å². The molecule has 1 aromatic carbocycles. The minimum absolute atomic E-state index is 0.450. The fourth-order valence-electron chi connectivity index (χ4n) is 2.13. The second kappa shape index (κ2) is 4.31. The zero-order chi connectivity index (χ0) is 11.7. The average molecular weight is 223 g/mol. The summed E-state index contributed by atoms with van der Waals surface area (Å²) in [4.78, 5) is 2.08. The molecular formula is C12H17NO3. The van der Waals surface area contributed by atoms with E-state index in [1.54, 1.807) is 14.2 Å². The Bertz CT molecular complexity index is 392. The molecule has 0 amide bonds. The van der Waals surface area contributed by atoms with Crippen molar-refractivity contribution in [3.8, 4) is 11.5 Å². The summed E-state index contributed by atoms with van der Waals surface area (Å²) in [6.07, 6.45) is -0.450. The van der Waals surface area contributed by atoms with Gasteiger partial charge in [-0.3, -0.25) is 4.90 Å². The molecule has 0 spiro atoms. The van der Waals surface area contributed by atoms with Crippen molar-refractivity contribution in [2.75, 3.05) is 27.8 Å². The van der Waals surface area contributed by atoms with Gasteiger partial charge >= 0.3 is 0 Å². The number of rotatable bonds is 2. The van der Waals surface area contributed by atoms with Crippen molar-refractivity contribution in [2.24, 2.45) is 0 Å². The van der Waals surface area contributed by atoms with Crippen molar-refractivity contribution in [2.45, 2.75) is 12.6 Å². The lowest BCUT2D eigenvalue weighted by Gasteiger charge is -2.29. The molecule has 1 aliphatic rings. The molecule has 88 valence electrons. The third-order valence-corrected chi connectivity index (χ3v) is 2.93. The van der Waals surface area contributed by atoms with Gasteiger partial charge in [0.2, 0.25) is 0 Å². The molecule has 1 aliphatic heterocycles. The molecule has 0 aliphatic carbocycles. The number of methoxy groups -OCH3 is 2. The van der Waals surface area contributed by atoms with Crippen LogP contribution < -0.4 is 9.47 Å². The van der Waals surface area contributed by atoms with Gasteiger partial charge < -0.3 is 14.6 Å². The summed E-state index contributed by atoms with van der Waals surface area (Å²) in [7, 11) is 5.21. The predicted molar refractivity (Wildman–Crippen MR) is 60.8 cm³/mol. The quantitative estimate of drug-likeness (QED) is 0.817. The number of nitrogens with zero attached hydrogens (tertiary/aromatic N) is 1. The van der Waals surface area contributed by atoms with Crippen molar-refractivity contribution in [3.63, 3.8) is 0 Å². The molecule has 0 fully saturated rings. The van der Waals surface area contributed by atoms with Crippen LogP contribution >= 0.6 is 0 Å². The summed E-state index contributed by atoms with van der Waals surface area (Å²) < 4.78 is 10.5. The zero-order valence-electron chi connectivity index (χ0n) is 9.86. The first-order valence-corrected chi connectivity index (χ1v) is 5.27. The van der Waals surface area contributed by atoms with Gasteiger partial charge in [-0.05, 0) is 30.3 Å². The molecule has 1 heterocycles. The van der Waals surface area contributed by atoms with Gasteiger partial charge in [-0.1, -0.05) is 0 Å². The Morgan fingerprint density at radius 3 is 2.50 bits per heavy atom. The van der Waals surface area contributed by atoms with Gasteiger partial charge in [0.05, 0.1) is 20.3 Å². The van der Waals surface area contributed by atoms with E-state index in [0.29, 0.717) is 18.0 Å². The molecule has 0 unspecified atom stereocenters. The van der Waals surface area contributed by atoms with Crippen molar-refractivity contribution >= 4 is 0 Å². The molecule has 1 N–H and O–H groups in total. The predicted octanol–water partition coefficient (Wildman–Crippen LogP) is 1.18. The van der Waals surface area contributed by atoms with Crippen LogP contribution in [0.1, 0.15) is 17.2 Å². The third kappa shape index (κ3) is 1.86. The third-order valence-electron chi connectivity index (χ3n) is 2.93. The molecule has 16 heavy (non-hydrogen) atoms. The second-order valence-electron chi connectivity index (χ2n) is 4.12. The average Bonchev–Trinajstić information content (AvgIpc) is 2.27. The molecule has 1 aromatic rings. The smallest absolute Gasteiger partial charge is 0.161 e. The zero-order valence-corrected chi connectivity index (χ0v) is 9.86. The summed E-state index contributed by atoms with van der Waals surface area (Å²) in [5.74, 6) is 1.38. The number of likely N-dealkylation sites (N-methyl/N-ethyl adjacent to an activating group) is 1. The van der Waals surface area contributed by atoms with Gasteiger partial charge in [0.25, 0.3) is 0 Å². The van der Waals surface area contributed by atoms with E-state index >= 15 is 0 Å². The normalized spacial score (nSPS) is 20.4. The molecular weight excluding hydrogens is 206 g/mol. The van der Waals surface area contributed by atoms with Crippen molar-refractivity contribution in [1.82, 2.24) is 4.90 Å². The maximum absolute atomic E-state index is 9.98. The Labute approximate surface area is 95.4 Å². The Balaban J connectivity index is 2.47. The van der Waals surface area contributed by atoms with Gasteiger partial charge in [-0.25, -0.2) is 0 Å². The first kappa shape index (κ1) is 11.2. The highest BCUT2D eigenvalue weighted by Crippen LogP contribution is 2.36. The lowest BCUT2D eigenvalue weighted by Crippen LogP contribution is -2.30. The number of aliphatic hydroxyl groups is 1. The molecule has 0 saturated carbocycles. The van der Waals surface area contributed by atoms with E-state index in [0.717, 1.165) is 17.7 Å². The number of hydrogen-bond acceptors (Lipinski definition) is 4. The summed E-state index contributed by atoms with van der Waals surface area (Å²) in [5.41, 5.74) is 2.04. The molecule has 4 heteroatoms. The number of β-amino-alcohol motifs (C(OH)–C–C–N with tert-alkyl or cyclic N) is 1. The summed E-state index contributed by atoms with van der Waals surface area (Å²) in [6, 6.07) is 3.80. The standard InChI is InChI=1S/C12H17NO3/c1-13-6-8-4-11(15-2)12(16-3)5-9(8)10(14)7-13/h4-5,10,14H,6-7H2,1-3H3/t10-/m0/s1. The Kier molecular flexibility index (Phi) is 3.03. The fraction of sp³-hybridized carbons (Fsp3) is 0.500. The molecule has 1 atom stereocenters. The maximum Gasteiger partial charge on any atom is 0.161 e. The lowest BCUT2D eigenvalue weighted by atomic mass is 9.97. The van der Waals surface area contributed by atoms with Gasteiger partial charge in [-0.2, -0.15) is 0 Å². The molecule has 0 saturated heterocycles. The molecule has 2 rings (SSSR count). The highest BCUT2D eigenvalue weighted by atomic mass is 16.5. The monoisotopic (exact) mass is 223 g/mol. The topological polar surface area (TPSA) is 41.9 Å². The Morgan fingerprint density at radius 2 is 1.88 bits per heavy atom.